The van der Waals surface area contributed by atoms with Crippen molar-refractivity contribution in [1.29, 1.82) is 0 Å². The highest BCUT2D eigenvalue weighted by atomic mass is 32.1. The first-order chi connectivity index (χ1) is 13.8. The Morgan fingerprint density at radius 1 is 1.18 bits per heavy atom. The Bertz CT molecular complexity index is 890. The van der Waals surface area contributed by atoms with Gasteiger partial charge in [-0.15, -0.1) is 11.3 Å². The lowest BCUT2D eigenvalue weighted by Crippen LogP contribution is -2.30. The number of nitrogens with one attached hydrogen (secondary N) is 1. The Labute approximate surface area is 169 Å². The van der Waals surface area contributed by atoms with Crippen molar-refractivity contribution in [3.8, 4) is 11.3 Å². The van der Waals surface area contributed by atoms with Crippen LogP contribution in [0, 0.1) is 0 Å². The number of ether oxygens (including phenoxy) is 1. The largest absolute Gasteiger partial charge is 0.376 e. The molecule has 0 spiro atoms. The topological polar surface area (TPSA) is 54.5 Å². The molecule has 1 amide bonds. The summed E-state index contributed by atoms with van der Waals surface area (Å²) in [4.78, 5) is 17.8. The first-order valence-corrected chi connectivity index (χ1v) is 10.4. The molecule has 1 unspecified atom stereocenters. The third-order valence-corrected chi connectivity index (χ3v) is 5.53. The zero-order valence-electron chi connectivity index (χ0n) is 15.6. The molecule has 2 heterocycles. The van der Waals surface area contributed by atoms with Crippen molar-refractivity contribution in [2.45, 2.75) is 25.5 Å². The van der Waals surface area contributed by atoms with Crippen LogP contribution in [0.15, 0.2) is 60.0 Å². The van der Waals surface area contributed by atoms with Gasteiger partial charge in [-0.2, -0.15) is 0 Å². The maximum absolute atomic E-state index is 11.4. The van der Waals surface area contributed by atoms with E-state index in [9.17, 15) is 4.79 Å². The lowest BCUT2D eigenvalue weighted by molar-refractivity contribution is -0.120. The molecule has 1 aliphatic rings. The van der Waals surface area contributed by atoms with Crippen LogP contribution < -0.4 is 5.32 Å². The van der Waals surface area contributed by atoms with Gasteiger partial charge in [-0.1, -0.05) is 42.5 Å². The van der Waals surface area contributed by atoms with Crippen molar-refractivity contribution in [1.82, 2.24) is 9.88 Å². The molecule has 0 radical (unpaired) electrons. The summed E-state index contributed by atoms with van der Waals surface area (Å²) < 4.78 is 5.63. The average molecular weight is 394 g/mol. The lowest BCUT2D eigenvalue weighted by atomic mass is 10.2. The van der Waals surface area contributed by atoms with Crippen molar-refractivity contribution in [2.24, 2.45) is 0 Å². The van der Waals surface area contributed by atoms with Gasteiger partial charge in [0.2, 0.25) is 6.41 Å². The number of carbonyl (C=O) groups excluding carboxylic acids is 1. The van der Waals surface area contributed by atoms with E-state index >= 15 is 0 Å². The van der Waals surface area contributed by atoms with Crippen molar-refractivity contribution in [2.75, 3.05) is 18.5 Å². The number of hydrogen-bond acceptors (Lipinski definition) is 5. The molecule has 5 nitrogen and oxygen atoms in total. The van der Waals surface area contributed by atoms with Crippen LogP contribution in [0.2, 0.25) is 0 Å². The number of rotatable bonds is 8. The van der Waals surface area contributed by atoms with Crippen LogP contribution in [-0.2, 0) is 16.1 Å². The van der Waals surface area contributed by atoms with Gasteiger partial charge in [-0.3, -0.25) is 4.79 Å². The van der Waals surface area contributed by atoms with Crippen LogP contribution in [0.4, 0.5) is 10.8 Å². The Hall–Kier alpha value is -2.70. The standard InChI is InChI=1S/C22H23N3O2S/c26-16-25(14-20-7-4-12-27-20)13-17-8-10-19(11-9-17)23-22-24-21(15-28-22)18-5-2-1-3-6-18/h1-3,5-6,8-11,15-16,20H,4,7,12-14H2,(H,23,24). The van der Waals surface area contributed by atoms with Gasteiger partial charge in [0, 0.05) is 36.3 Å². The first-order valence-electron chi connectivity index (χ1n) is 9.48. The summed E-state index contributed by atoms with van der Waals surface area (Å²) in [6.45, 7) is 2.06. The summed E-state index contributed by atoms with van der Waals surface area (Å²) in [5.74, 6) is 0. The van der Waals surface area contributed by atoms with E-state index in [1.165, 1.54) is 0 Å². The molecule has 0 bridgehead atoms. The number of carbonyl (C=O) groups is 1. The zero-order chi connectivity index (χ0) is 19.2. The molecule has 1 N–H and O–H groups in total. The highest BCUT2D eigenvalue weighted by molar-refractivity contribution is 7.14. The Balaban J connectivity index is 1.35. The monoisotopic (exact) mass is 393 g/mol. The van der Waals surface area contributed by atoms with Gasteiger partial charge in [0.15, 0.2) is 5.13 Å². The maximum Gasteiger partial charge on any atom is 0.210 e. The van der Waals surface area contributed by atoms with E-state index in [2.05, 4.69) is 27.8 Å². The molecule has 1 atom stereocenters. The highest BCUT2D eigenvalue weighted by Crippen LogP contribution is 2.27. The number of thiazole rings is 1. The molecular weight excluding hydrogens is 370 g/mol. The van der Waals surface area contributed by atoms with Crippen LogP contribution in [0.1, 0.15) is 18.4 Å². The minimum absolute atomic E-state index is 0.176. The summed E-state index contributed by atoms with van der Waals surface area (Å²) >= 11 is 1.58. The fourth-order valence-electron chi connectivity index (χ4n) is 3.32. The average Bonchev–Trinajstić information content (AvgIpc) is 3.42. The molecule has 1 fully saturated rings. The predicted octanol–water partition coefficient (Wildman–Crippen LogP) is 4.69. The molecule has 1 aliphatic heterocycles. The third kappa shape index (κ3) is 4.77. The van der Waals surface area contributed by atoms with Gasteiger partial charge in [0.1, 0.15) is 0 Å². The van der Waals surface area contributed by atoms with Crippen LogP contribution in [0.3, 0.4) is 0 Å². The second-order valence-electron chi connectivity index (χ2n) is 6.90. The van der Waals surface area contributed by atoms with Crippen molar-refractivity contribution >= 4 is 28.6 Å². The smallest absolute Gasteiger partial charge is 0.210 e. The Morgan fingerprint density at radius 3 is 2.71 bits per heavy atom. The lowest BCUT2D eigenvalue weighted by Gasteiger charge is -2.21. The first kappa shape index (κ1) is 18.7. The predicted molar refractivity (Wildman–Crippen MR) is 113 cm³/mol. The van der Waals surface area contributed by atoms with E-state index in [1.807, 2.05) is 42.5 Å². The van der Waals surface area contributed by atoms with Crippen LogP contribution in [0.25, 0.3) is 11.3 Å². The second-order valence-corrected chi connectivity index (χ2v) is 7.75. The van der Waals surface area contributed by atoms with E-state index in [4.69, 9.17) is 4.74 Å². The molecule has 2 aromatic carbocycles. The minimum Gasteiger partial charge on any atom is -0.376 e. The summed E-state index contributed by atoms with van der Waals surface area (Å²) in [6, 6.07) is 18.3. The molecule has 1 saturated heterocycles. The molecule has 3 aromatic rings. The van der Waals surface area contributed by atoms with Gasteiger partial charge < -0.3 is 15.0 Å². The molecule has 144 valence electrons. The molecule has 28 heavy (non-hydrogen) atoms. The van der Waals surface area contributed by atoms with Gasteiger partial charge in [-0.05, 0) is 30.5 Å². The normalized spacial score (nSPS) is 16.1. The minimum atomic E-state index is 0.176. The van der Waals surface area contributed by atoms with E-state index < -0.39 is 0 Å². The number of anilines is 2. The highest BCUT2D eigenvalue weighted by Gasteiger charge is 2.18. The van der Waals surface area contributed by atoms with E-state index in [1.54, 1.807) is 16.2 Å². The third-order valence-electron chi connectivity index (χ3n) is 4.78. The quantitative estimate of drug-likeness (QED) is 0.564. The van der Waals surface area contributed by atoms with Gasteiger partial charge >= 0.3 is 0 Å². The summed E-state index contributed by atoms with van der Waals surface area (Å²) in [6.07, 6.45) is 3.20. The van der Waals surface area contributed by atoms with E-state index in [0.29, 0.717) is 13.1 Å². The molecule has 4 rings (SSSR count). The molecule has 1 aromatic heterocycles. The summed E-state index contributed by atoms with van der Waals surface area (Å²) in [5, 5.41) is 6.27. The molecule has 6 heteroatoms. The maximum atomic E-state index is 11.4. The van der Waals surface area contributed by atoms with Crippen LogP contribution >= 0.6 is 11.3 Å². The Kier molecular flexibility index (Phi) is 5.99. The van der Waals surface area contributed by atoms with E-state index in [0.717, 1.165) is 53.5 Å². The fourth-order valence-corrected chi connectivity index (χ4v) is 4.06. The zero-order valence-corrected chi connectivity index (χ0v) is 16.4. The van der Waals surface area contributed by atoms with Crippen molar-refractivity contribution in [3.63, 3.8) is 0 Å². The molecule has 0 aliphatic carbocycles. The fraction of sp³-hybridized carbons (Fsp3) is 0.273. The number of benzene rings is 2. The Morgan fingerprint density at radius 2 is 2.00 bits per heavy atom. The van der Waals surface area contributed by atoms with Crippen LogP contribution in [-0.4, -0.2) is 35.5 Å². The second kappa shape index (κ2) is 8.99. The number of nitrogens with zero attached hydrogens (tertiary/aromatic N) is 2. The van der Waals surface area contributed by atoms with Gasteiger partial charge in [0.25, 0.3) is 0 Å². The van der Waals surface area contributed by atoms with Crippen molar-refractivity contribution in [3.05, 3.63) is 65.5 Å². The van der Waals surface area contributed by atoms with Crippen molar-refractivity contribution < 1.29 is 9.53 Å². The van der Waals surface area contributed by atoms with Gasteiger partial charge in [-0.25, -0.2) is 4.98 Å². The van der Waals surface area contributed by atoms with E-state index in [-0.39, 0.29) is 6.10 Å². The summed E-state index contributed by atoms with van der Waals surface area (Å²) in [5.41, 5.74) is 4.16. The molecular formula is C22H23N3O2S. The number of hydrogen-bond donors (Lipinski definition) is 1. The van der Waals surface area contributed by atoms with Crippen LogP contribution in [0.5, 0.6) is 0 Å². The molecule has 0 saturated carbocycles. The van der Waals surface area contributed by atoms with Gasteiger partial charge in [0.05, 0.1) is 11.8 Å². The SMILES string of the molecule is O=CN(Cc1ccc(Nc2nc(-c3ccccc3)cs2)cc1)CC1CCCO1. The number of aromatic nitrogens is 1. The summed E-state index contributed by atoms with van der Waals surface area (Å²) in [7, 11) is 0. The number of amides is 1.